The van der Waals surface area contributed by atoms with E-state index >= 15 is 0 Å². The highest BCUT2D eigenvalue weighted by atomic mass is 16.4. The maximum atomic E-state index is 10.6. The van der Waals surface area contributed by atoms with E-state index in [1.54, 1.807) is 0 Å². The Morgan fingerprint density at radius 1 is 0.446 bits per heavy atom. The van der Waals surface area contributed by atoms with Crippen molar-refractivity contribution in [3.8, 4) is 11.5 Å². The van der Waals surface area contributed by atoms with Crippen LogP contribution in [0.4, 0.5) is 0 Å². The van der Waals surface area contributed by atoms with Crippen LogP contribution < -0.4 is 10.9 Å². The van der Waals surface area contributed by atoms with Crippen LogP contribution in [0.1, 0.15) is 205 Å². The van der Waals surface area contributed by atoms with E-state index in [-0.39, 0.29) is 24.7 Å². The number of aliphatic carboxylic acids is 2. The van der Waals surface area contributed by atoms with Crippen molar-refractivity contribution < 1.29 is 49.1 Å². The van der Waals surface area contributed by atoms with Crippen LogP contribution in [0.15, 0.2) is 43.1 Å². The van der Waals surface area contributed by atoms with Crippen LogP contribution in [-0.4, -0.2) is 42.6 Å². The molecule has 12 heteroatoms. The maximum absolute atomic E-state index is 10.6. The second-order valence-corrected chi connectivity index (χ2v) is 14.3. The molecule has 0 aromatic carbocycles. The summed E-state index contributed by atoms with van der Waals surface area (Å²) in [6, 6.07) is 2.07. The number of carbonyl (C=O) groups is 2. The van der Waals surface area contributed by atoms with E-state index in [4.69, 9.17) is 30.6 Å². The predicted octanol–water partition coefficient (Wildman–Crippen LogP) is 10.8. The van der Waals surface area contributed by atoms with Crippen LogP contribution in [0.5, 0.6) is 11.5 Å². The molecule has 0 amide bonds. The van der Waals surface area contributed by atoms with Gasteiger partial charge in [-0.3, -0.25) is 19.2 Å². The largest absolute Gasteiger partial charge is 0.502 e. The number of hydrogen-bond donors (Lipinski definition) is 6. The Morgan fingerprint density at radius 3 is 0.875 bits per heavy atom. The first-order valence-corrected chi connectivity index (χ1v) is 21.3. The molecule has 2 rings (SSSR count). The third-order valence-electron chi connectivity index (χ3n) is 9.03. The van der Waals surface area contributed by atoms with Gasteiger partial charge in [0.05, 0.1) is 0 Å². The Kier molecular flexibility index (Phi) is 39.9. The van der Waals surface area contributed by atoms with Crippen molar-refractivity contribution in [2.45, 2.75) is 207 Å². The van der Waals surface area contributed by atoms with Crippen molar-refractivity contribution in [3.63, 3.8) is 0 Å². The van der Waals surface area contributed by atoms with E-state index in [1.807, 2.05) is 0 Å². The van der Waals surface area contributed by atoms with Crippen molar-refractivity contribution in [1.82, 2.24) is 0 Å². The molecule has 0 unspecified atom stereocenters. The number of carboxylic acids is 2. The SMILES string of the molecule is CCCCCCCCCCCCCCCC(=O)O.CCCCCCCCCCCCCCCC(=O)O.O=c1cc(CO)occ1O.O=c1cc(CO)occ1O. The van der Waals surface area contributed by atoms with Gasteiger partial charge in [-0.05, 0) is 12.8 Å². The Balaban J connectivity index is 0. The predicted molar refractivity (Wildman–Crippen MR) is 221 cm³/mol. The van der Waals surface area contributed by atoms with Crippen LogP contribution in [0.3, 0.4) is 0 Å². The number of aromatic hydroxyl groups is 2. The van der Waals surface area contributed by atoms with Crippen molar-refractivity contribution in [1.29, 1.82) is 0 Å². The number of carboxylic acid groups (broad SMARTS) is 2. The number of unbranched alkanes of at least 4 members (excludes halogenated alkanes) is 24. The first kappa shape index (κ1) is 54.5. The van der Waals surface area contributed by atoms with E-state index in [9.17, 15) is 19.2 Å². The molecule has 0 fully saturated rings. The Labute approximate surface area is 335 Å². The molecule has 0 aliphatic heterocycles. The van der Waals surface area contributed by atoms with E-state index < -0.39 is 34.3 Å². The quantitative estimate of drug-likeness (QED) is 0.0407. The minimum Gasteiger partial charge on any atom is -0.502 e. The summed E-state index contributed by atoms with van der Waals surface area (Å²) >= 11 is 0. The van der Waals surface area contributed by atoms with Gasteiger partial charge >= 0.3 is 11.9 Å². The van der Waals surface area contributed by atoms with Gasteiger partial charge in [0.1, 0.15) is 37.3 Å². The second kappa shape index (κ2) is 41.0. The highest BCUT2D eigenvalue weighted by molar-refractivity contribution is 5.66. The van der Waals surface area contributed by atoms with Crippen molar-refractivity contribution >= 4 is 11.9 Å². The molecule has 0 bridgehead atoms. The molecule has 56 heavy (non-hydrogen) atoms. The fourth-order valence-corrected chi connectivity index (χ4v) is 5.64. The van der Waals surface area contributed by atoms with Gasteiger partial charge in [0.25, 0.3) is 0 Å². The van der Waals surface area contributed by atoms with Crippen LogP contribution in [0.25, 0.3) is 0 Å². The molecule has 6 N–H and O–H groups in total. The lowest BCUT2D eigenvalue weighted by Crippen LogP contribution is -1.99. The van der Waals surface area contributed by atoms with E-state index in [0.29, 0.717) is 12.8 Å². The summed E-state index contributed by atoms with van der Waals surface area (Å²) in [5.74, 6) is -1.92. The lowest BCUT2D eigenvalue weighted by Gasteiger charge is -2.02. The van der Waals surface area contributed by atoms with Crippen molar-refractivity contribution in [2.75, 3.05) is 0 Å². The van der Waals surface area contributed by atoms with Crippen LogP contribution in [0.2, 0.25) is 0 Å². The Morgan fingerprint density at radius 2 is 0.679 bits per heavy atom. The Hall–Kier alpha value is -3.64. The van der Waals surface area contributed by atoms with Crippen LogP contribution in [-0.2, 0) is 22.8 Å². The molecule has 0 radical (unpaired) electrons. The summed E-state index contributed by atoms with van der Waals surface area (Å²) in [5.41, 5.74) is -1.09. The topological polar surface area (TPSA) is 216 Å². The van der Waals surface area contributed by atoms with Crippen LogP contribution in [0, 0.1) is 0 Å². The number of hydrogen-bond acceptors (Lipinski definition) is 10. The maximum Gasteiger partial charge on any atom is 0.303 e. The van der Waals surface area contributed by atoms with E-state index in [0.717, 1.165) is 50.3 Å². The number of aliphatic hydroxyl groups excluding tert-OH is 2. The van der Waals surface area contributed by atoms with Gasteiger partial charge in [-0.2, -0.15) is 0 Å². The lowest BCUT2D eigenvalue weighted by atomic mass is 10.0. The molecule has 0 spiro atoms. The standard InChI is InChI=1S/2C16H32O2.2C6H6O4/c2*1-2-3-4-5-6-7-8-9-10-11-12-13-14-15-16(17)18;2*7-2-4-1-5(8)6(9)3-10-4/h2*2-15H2,1H3,(H,17,18);2*1,3,7,9H,2H2. The smallest absolute Gasteiger partial charge is 0.303 e. The minimum absolute atomic E-state index is 0.141. The molecule has 12 nitrogen and oxygen atoms in total. The summed E-state index contributed by atoms with van der Waals surface area (Å²) < 4.78 is 9.18. The second-order valence-electron chi connectivity index (χ2n) is 14.3. The van der Waals surface area contributed by atoms with Gasteiger partial charge in [0.2, 0.25) is 10.9 Å². The first-order chi connectivity index (χ1) is 27.0. The third kappa shape index (κ3) is 38.6. The molecule has 0 aliphatic rings. The van der Waals surface area contributed by atoms with Gasteiger partial charge in [-0.25, -0.2) is 0 Å². The van der Waals surface area contributed by atoms with Crippen molar-refractivity contribution in [3.05, 3.63) is 56.6 Å². The average molecular weight is 797 g/mol. The van der Waals surface area contributed by atoms with Crippen molar-refractivity contribution in [2.24, 2.45) is 0 Å². The molecular formula is C44H76O12. The zero-order valence-corrected chi connectivity index (χ0v) is 34.7. The summed E-state index contributed by atoms with van der Waals surface area (Å²) in [6.07, 6.45) is 36.3. The summed E-state index contributed by atoms with van der Waals surface area (Å²) in [4.78, 5) is 41.8. The fraction of sp³-hybridized carbons (Fsp3) is 0.727. The molecule has 0 aliphatic carbocycles. The average Bonchev–Trinajstić information content (AvgIpc) is 3.18. The molecule has 2 aromatic rings. The normalized spacial score (nSPS) is 10.4. The summed E-state index contributed by atoms with van der Waals surface area (Å²) in [5, 5.41) is 51.2. The summed E-state index contributed by atoms with van der Waals surface area (Å²) in [7, 11) is 0. The zero-order chi connectivity index (χ0) is 42.1. The Bertz CT molecular complexity index is 1200. The molecule has 324 valence electrons. The molecule has 0 saturated carbocycles. The number of aliphatic hydroxyl groups is 2. The first-order valence-electron chi connectivity index (χ1n) is 21.3. The third-order valence-corrected chi connectivity index (χ3v) is 9.03. The highest BCUT2D eigenvalue weighted by Gasteiger charge is 2.01. The van der Waals surface area contributed by atoms with Gasteiger partial charge < -0.3 is 39.5 Å². The van der Waals surface area contributed by atoms with Crippen LogP contribution >= 0.6 is 0 Å². The van der Waals surface area contributed by atoms with E-state index in [1.165, 1.54) is 141 Å². The number of rotatable bonds is 30. The minimum atomic E-state index is -0.655. The molecule has 0 atom stereocenters. The molecule has 2 heterocycles. The lowest BCUT2D eigenvalue weighted by molar-refractivity contribution is -0.138. The van der Waals surface area contributed by atoms with Gasteiger partial charge in [-0.1, -0.05) is 168 Å². The molecular weight excluding hydrogens is 720 g/mol. The molecule has 0 saturated heterocycles. The monoisotopic (exact) mass is 797 g/mol. The summed E-state index contributed by atoms with van der Waals surface area (Å²) in [6.45, 7) is 3.85. The zero-order valence-electron chi connectivity index (χ0n) is 34.7. The molecule has 2 aromatic heterocycles. The highest BCUT2D eigenvalue weighted by Crippen LogP contribution is 2.14. The van der Waals surface area contributed by atoms with Gasteiger partial charge in [0.15, 0.2) is 11.5 Å². The fourth-order valence-electron chi connectivity index (χ4n) is 5.64. The van der Waals surface area contributed by atoms with Gasteiger partial charge in [-0.15, -0.1) is 0 Å². The van der Waals surface area contributed by atoms with Gasteiger partial charge in [0, 0.05) is 25.0 Å². The van der Waals surface area contributed by atoms with E-state index in [2.05, 4.69) is 22.7 Å².